The summed E-state index contributed by atoms with van der Waals surface area (Å²) in [4.78, 5) is 13.6. The third-order valence-corrected chi connectivity index (χ3v) is 5.48. The van der Waals surface area contributed by atoms with E-state index in [1.807, 2.05) is 24.3 Å². The zero-order valence-electron chi connectivity index (χ0n) is 16.9. The Hall–Kier alpha value is -2.29. The van der Waals surface area contributed by atoms with E-state index >= 15 is 0 Å². The second-order valence-electron chi connectivity index (χ2n) is 8.08. The molecule has 148 valence electrons. The summed E-state index contributed by atoms with van der Waals surface area (Å²) in [6.45, 7) is 6.84. The Balaban J connectivity index is 1.58. The molecule has 0 amide bonds. The number of ether oxygens (including phenoxy) is 2. The van der Waals surface area contributed by atoms with Gasteiger partial charge in [-0.2, -0.15) is 0 Å². The van der Waals surface area contributed by atoms with Crippen molar-refractivity contribution in [1.29, 1.82) is 0 Å². The topological polar surface area (TPSA) is 47.6 Å². The molecule has 1 saturated carbocycles. The van der Waals surface area contributed by atoms with E-state index in [-0.39, 0.29) is 17.5 Å². The fourth-order valence-corrected chi connectivity index (χ4v) is 3.77. The van der Waals surface area contributed by atoms with E-state index in [2.05, 4.69) is 50.1 Å². The Morgan fingerprint density at radius 2 is 1.96 bits per heavy atom. The van der Waals surface area contributed by atoms with Crippen LogP contribution in [0.5, 0.6) is 0 Å². The number of methoxy groups -OCH3 is 1. The van der Waals surface area contributed by atoms with E-state index in [9.17, 15) is 4.79 Å². The van der Waals surface area contributed by atoms with Crippen LogP contribution in [0.4, 0.5) is 5.69 Å². The van der Waals surface area contributed by atoms with Crippen molar-refractivity contribution in [3.05, 3.63) is 51.7 Å². The predicted molar refractivity (Wildman–Crippen MR) is 114 cm³/mol. The Morgan fingerprint density at radius 1 is 1.25 bits per heavy atom. The first-order chi connectivity index (χ1) is 13.3. The number of nitrogens with one attached hydrogen (secondary N) is 1. The van der Waals surface area contributed by atoms with Crippen LogP contribution in [-0.4, -0.2) is 25.2 Å². The van der Waals surface area contributed by atoms with Gasteiger partial charge in [-0.3, -0.25) is 0 Å². The van der Waals surface area contributed by atoms with Gasteiger partial charge in [-0.15, -0.1) is 11.3 Å². The first-order valence-electron chi connectivity index (χ1n) is 9.51. The zero-order chi connectivity index (χ0) is 20.1. The molecule has 1 heterocycles. The van der Waals surface area contributed by atoms with Gasteiger partial charge in [0.15, 0.2) is 0 Å². The fourth-order valence-electron chi connectivity index (χ4n) is 2.88. The normalized spacial score (nSPS) is 18.6. The van der Waals surface area contributed by atoms with Crippen LogP contribution in [0.2, 0.25) is 0 Å². The maximum absolute atomic E-state index is 12.1. The molecule has 1 aromatic heterocycles. The minimum absolute atomic E-state index is 0.0830. The third kappa shape index (κ3) is 5.60. The zero-order valence-corrected chi connectivity index (χ0v) is 17.7. The van der Waals surface area contributed by atoms with Gasteiger partial charge in [-0.1, -0.05) is 42.2 Å². The summed E-state index contributed by atoms with van der Waals surface area (Å²) in [5.41, 5.74) is 1.91. The van der Waals surface area contributed by atoms with Crippen LogP contribution in [0.15, 0.2) is 36.4 Å². The number of carbonyl (C=O) groups is 1. The highest BCUT2D eigenvalue weighted by Crippen LogP contribution is 2.33. The van der Waals surface area contributed by atoms with E-state index in [4.69, 9.17) is 9.47 Å². The Kier molecular flexibility index (Phi) is 6.43. The highest BCUT2D eigenvalue weighted by Gasteiger charge is 2.31. The SMILES string of the molecule is COC(=O)c1sc(C#CC(C)(C)C)cc1NC1CC(OCc2ccccc2)C1. The van der Waals surface area contributed by atoms with Crippen LogP contribution in [0.25, 0.3) is 0 Å². The smallest absolute Gasteiger partial charge is 0.350 e. The number of esters is 1. The van der Waals surface area contributed by atoms with E-state index in [1.54, 1.807) is 0 Å². The molecule has 0 bridgehead atoms. The molecule has 3 rings (SSSR count). The Morgan fingerprint density at radius 3 is 2.61 bits per heavy atom. The van der Waals surface area contributed by atoms with Crippen LogP contribution in [0, 0.1) is 17.3 Å². The molecule has 1 aliphatic carbocycles. The van der Waals surface area contributed by atoms with Crippen LogP contribution in [-0.2, 0) is 16.1 Å². The molecule has 0 radical (unpaired) electrons. The van der Waals surface area contributed by atoms with Crippen molar-refractivity contribution in [2.24, 2.45) is 5.41 Å². The summed E-state index contributed by atoms with van der Waals surface area (Å²) in [6.07, 6.45) is 2.09. The first-order valence-corrected chi connectivity index (χ1v) is 10.3. The average Bonchev–Trinajstić information content (AvgIpc) is 3.04. The lowest BCUT2D eigenvalue weighted by atomic mass is 9.89. The molecule has 5 heteroatoms. The lowest BCUT2D eigenvalue weighted by Gasteiger charge is -2.36. The number of benzene rings is 1. The van der Waals surface area contributed by atoms with Gasteiger partial charge in [0.2, 0.25) is 0 Å². The quantitative estimate of drug-likeness (QED) is 0.545. The second kappa shape index (κ2) is 8.81. The Bertz CT molecular complexity index is 865. The molecule has 1 aliphatic rings. The van der Waals surface area contributed by atoms with Crippen LogP contribution in [0.3, 0.4) is 0 Å². The third-order valence-electron chi connectivity index (χ3n) is 4.45. The van der Waals surface area contributed by atoms with E-state index in [0.717, 1.165) is 23.4 Å². The maximum Gasteiger partial charge on any atom is 0.350 e. The molecular formula is C23H27NO3S. The summed E-state index contributed by atoms with van der Waals surface area (Å²) in [6, 6.07) is 12.4. The second-order valence-corrected chi connectivity index (χ2v) is 9.13. The summed E-state index contributed by atoms with van der Waals surface area (Å²) >= 11 is 1.38. The largest absolute Gasteiger partial charge is 0.465 e. The van der Waals surface area contributed by atoms with Gasteiger partial charge in [0.05, 0.1) is 30.4 Å². The first kappa shape index (κ1) is 20.4. The standard InChI is InChI=1S/C23H27NO3S/c1-23(2,3)11-10-19-14-20(21(28-19)22(25)26-4)24-17-12-18(13-17)27-15-16-8-6-5-7-9-16/h5-9,14,17-18,24H,12-13,15H2,1-4H3. The van der Waals surface area contributed by atoms with Crippen LogP contribution < -0.4 is 5.32 Å². The van der Waals surface area contributed by atoms with E-state index < -0.39 is 0 Å². The van der Waals surface area contributed by atoms with Crippen molar-refractivity contribution >= 4 is 23.0 Å². The van der Waals surface area contributed by atoms with Gasteiger partial charge in [0.1, 0.15) is 4.88 Å². The summed E-state index contributed by atoms with van der Waals surface area (Å²) in [5, 5.41) is 3.47. The molecule has 1 aromatic carbocycles. The monoisotopic (exact) mass is 397 g/mol. The molecule has 1 fully saturated rings. The highest BCUT2D eigenvalue weighted by molar-refractivity contribution is 7.15. The van der Waals surface area contributed by atoms with Crippen molar-refractivity contribution in [3.8, 4) is 11.8 Å². The van der Waals surface area contributed by atoms with Crippen molar-refractivity contribution in [2.45, 2.75) is 52.4 Å². The predicted octanol–water partition coefficient (Wildman–Crippen LogP) is 5.09. The van der Waals surface area contributed by atoms with Crippen molar-refractivity contribution in [2.75, 3.05) is 12.4 Å². The maximum atomic E-state index is 12.1. The molecule has 0 aliphatic heterocycles. The fraction of sp³-hybridized carbons (Fsp3) is 0.435. The van der Waals surface area contributed by atoms with Crippen LogP contribution in [0.1, 0.15) is 53.7 Å². The summed E-state index contributed by atoms with van der Waals surface area (Å²) in [5.74, 6) is 6.07. The number of thiophene rings is 1. The number of rotatable bonds is 6. The number of hydrogen-bond donors (Lipinski definition) is 1. The van der Waals surface area contributed by atoms with Gasteiger partial charge >= 0.3 is 5.97 Å². The summed E-state index contributed by atoms with van der Waals surface area (Å²) < 4.78 is 10.9. The molecule has 2 aromatic rings. The van der Waals surface area contributed by atoms with Gasteiger partial charge in [-0.05, 0) is 45.2 Å². The molecule has 28 heavy (non-hydrogen) atoms. The van der Waals surface area contributed by atoms with Gasteiger partial charge in [0.25, 0.3) is 0 Å². The minimum Gasteiger partial charge on any atom is -0.465 e. The van der Waals surface area contributed by atoms with Crippen molar-refractivity contribution < 1.29 is 14.3 Å². The number of carbonyl (C=O) groups excluding carboxylic acids is 1. The van der Waals surface area contributed by atoms with Crippen molar-refractivity contribution in [3.63, 3.8) is 0 Å². The molecular weight excluding hydrogens is 370 g/mol. The summed E-state index contributed by atoms with van der Waals surface area (Å²) in [7, 11) is 1.41. The van der Waals surface area contributed by atoms with Gasteiger partial charge < -0.3 is 14.8 Å². The van der Waals surface area contributed by atoms with Gasteiger partial charge in [0, 0.05) is 11.5 Å². The average molecular weight is 398 g/mol. The van der Waals surface area contributed by atoms with Crippen molar-refractivity contribution in [1.82, 2.24) is 0 Å². The van der Waals surface area contributed by atoms with E-state index in [1.165, 1.54) is 24.0 Å². The Labute approximate surface area is 171 Å². The molecule has 0 spiro atoms. The lowest BCUT2D eigenvalue weighted by molar-refractivity contribution is -0.0150. The number of hydrogen-bond acceptors (Lipinski definition) is 5. The molecule has 0 unspecified atom stereocenters. The lowest BCUT2D eigenvalue weighted by Crippen LogP contribution is -2.40. The molecule has 1 N–H and O–H groups in total. The molecule has 0 atom stereocenters. The van der Waals surface area contributed by atoms with E-state index in [0.29, 0.717) is 17.5 Å². The number of anilines is 1. The minimum atomic E-state index is -0.326. The molecule has 0 saturated heterocycles. The van der Waals surface area contributed by atoms with Crippen LogP contribution >= 0.6 is 11.3 Å². The van der Waals surface area contributed by atoms with Gasteiger partial charge in [-0.25, -0.2) is 4.79 Å². The highest BCUT2D eigenvalue weighted by atomic mass is 32.1. The molecule has 4 nitrogen and oxygen atoms in total.